The van der Waals surface area contributed by atoms with Crippen LogP contribution in [0.25, 0.3) is 0 Å². The highest BCUT2D eigenvalue weighted by atomic mass is 16.5. The first-order valence-electron chi connectivity index (χ1n) is 8.97. The van der Waals surface area contributed by atoms with Crippen LogP contribution in [0.4, 0.5) is 4.79 Å². The van der Waals surface area contributed by atoms with E-state index in [0.29, 0.717) is 12.1 Å². The van der Waals surface area contributed by atoms with Gasteiger partial charge in [-0.1, -0.05) is 11.6 Å². The van der Waals surface area contributed by atoms with Crippen molar-refractivity contribution < 1.29 is 9.32 Å². The highest BCUT2D eigenvalue weighted by molar-refractivity contribution is 5.75. The van der Waals surface area contributed by atoms with E-state index in [1.54, 1.807) is 0 Å². The van der Waals surface area contributed by atoms with Gasteiger partial charge in [-0.25, -0.2) is 4.79 Å². The fourth-order valence-corrected chi connectivity index (χ4v) is 4.50. The molecule has 4 rings (SSSR count). The molecule has 1 N–H and O–H groups in total. The van der Waals surface area contributed by atoms with Crippen LogP contribution in [0.2, 0.25) is 0 Å². The number of nitrogens with one attached hydrogen (secondary N) is 1. The number of amides is 2. The minimum Gasteiger partial charge on any atom is -0.359 e. The molecule has 0 saturated carbocycles. The normalized spacial score (nSPS) is 31.3. The lowest BCUT2D eigenvalue weighted by Crippen LogP contribution is -2.50. The molecule has 0 bridgehead atoms. The van der Waals surface area contributed by atoms with Crippen LogP contribution in [0.3, 0.4) is 0 Å². The lowest BCUT2D eigenvalue weighted by Gasteiger charge is -2.33. The summed E-state index contributed by atoms with van der Waals surface area (Å²) in [6.07, 6.45) is 6.87. The Morgan fingerprint density at radius 3 is 2.96 bits per heavy atom. The largest absolute Gasteiger partial charge is 0.359 e. The second-order valence-electron chi connectivity index (χ2n) is 7.17. The van der Waals surface area contributed by atoms with Crippen LogP contribution < -0.4 is 5.32 Å². The Labute approximate surface area is 137 Å². The third-order valence-corrected chi connectivity index (χ3v) is 5.65. The summed E-state index contributed by atoms with van der Waals surface area (Å²) in [4.78, 5) is 17.3. The summed E-state index contributed by atoms with van der Waals surface area (Å²) >= 11 is 0. The van der Waals surface area contributed by atoms with E-state index in [9.17, 15) is 4.79 Å². The van der Waals surface area contributed by atoms with Crippen LogP contribution in [0.5, 0.6) is 0 Å². The Hall–Kier alpha value is -1.56. The number of fused-ring (bicyclic) bond motifs is 1. The van der Waals surface area contributed by atoms with E-state index in [-0.39, 0.29) is 12.1 Å². The number of hydrogen-bond acceptors (Lipinski definition) is 4. The van der Waals surface area contributed by atoms with E-state index < -0.39 is 0 Å². The van der Waals surface area contributed by atoms with Gasteiger partial charge in [-0.05, 0) is 45.6 Å². The maximum atomic E-state index is 12.8. The highest BCUT2D eigenvalue weighted by Gasteiger charge is 2.39. The first-order valence-corrected chi connectivity index (χ1v) is 8.97. The SMILES string of the molecule is Cc1cc(C2CCCN2C(=O)NC2CCN3CCCCC23)on1. The number of aryl methyl sites for hydroxylation is 1. The van der Waals surface area contributed by atoms with Gasteiger partial charge in [0.1, 0.15) is 0 Å². The molecular weight excluding hydrogens is 292 g/mol. The van der Waals surface area contributed by atoms with Crippen LogP contribution in [0, 0.1) is 6.92 Å². The first-order chi connectivity index (χ1) is 11.2. The van der Waals surface area contributed by atoms with Crippen molar-refractivity contribution >= 4 is 6.03 Å². The van der Waals surface area contributed by atoms with Crippen molar-refractivity contribution in [1.29, 1.82) is 0 Å². The average molecular weight is 318 g/mol. The van der Waals surface area contributed by atoms with Gasteiger partial charge in [0.05, 0.1) is 11.7 Å². The lowest BCUT2D eigenvalue weighted by atomic mass is 9.99. The molecule has 3 fully saturated rings. The van der Waals surface area contributed by atoms with Crippen molar-refractivity contribution in [2.45, 2.75) is 63.6 Å². The van der Waals surface area contributed by atoms with Crippen LogP contribution in [-0.4, -0.2) is 52.7 Å². The third kappa shape index (κ3) is 2.84. The molecule has 6 nitrogen and oxygen atoms in total. The van der Waals surface area contributed by atoms with E-state index in [2.05, 4.69) is 15.4 Å². The number of carbonyl (C=O) groups is 1. The van der Waals surface area contributed by atoms with Gasteiger partial charge < -0.3 is 14.7 Å². The number of hydrogen-bond donors (Lipinski definition) is 1. The van der Waals surface area contributed by atoms with E-state index in [4.69, 9.17) is 4.52 Å². The zero-order valence-corrected chi connectivity index (χ0v) is 13.8. The number of rotatable bonds is 2. The fourth-order valence-electron chi connectivity index (χ4n) is 4.50. The monoisotopic (exact) mass is 318 g/mol. The van der Waals surface area contributed by atoms with Gasteiger partial charge >= 0.3 is 6.03 Å². The molecule has 126 valence electrons. The summed E-state index contributed by atoms with van der Waals surface area (Å²) in [5.41, 5.74) is 0.876. The number of urea groups is 1. The molecule has 3 aliphatic heterocycles. The zero-order chi connectivity index (χ0) is 15.8. The molecule has 3 atom stereocenters. The Morgan fingerprint density at radius 1 is 1.22 bits per heavy atom. The number of carbonyl (C=O) groups excluding carboxylic acids is 1. The Kier molecular flexibility index (Phi) is 4.01. The van der Waals surface area contributed by atoms with Crippen LogP contribution in [-0.2, 0) is 0 Å². The van der Waals surface area contributed by atoms with Crippen molar-refractivity contribution in [3.05, 3.63) is 17.5 Å². The zero-order valence-electron chi connectivity index (χ0n) is 13.8. The summed E-state index contributed by atoms with van der Waals surface area (Å²) < 4.78 is 5.40. The molecular formula is C17H26N4O2. The molecule has 0 radical (unpaired) electrons. The molecule has 0 spiro atoms. The van der Waals surface area contributed by atoms with Gasteiger partial charge in [0.15, 0.2) is 5.76 Å². The molecule has 4 heterocycles. The minimum atomic E-state index is 0.0417. The van der Waals surface area contributed by atoms with Crippen molar-refractivity contribution in [1.82, 2.24) is 20.3 Å². The maximum absolute atomic E-state index is 12.8. The van der Waals surface area contributed by atoms with Gasteiger partial charge in [-0.3, -0.25) is 4.90 Å². The van der Waals surface area contributed by atoms with E-state index in [1.165, 1.54) is 25.8 Å². The van der Waals surface area contributed by atoms with E-state index in [1.807, 2.05) is 17.9 Å². The lowest BCUT2D eigenvalue weighted by molar-refractivity contribution is 0.160. The molecule has 1 aromatic heterocycles. The third-order valence-electron chi connectivity index (χ3n) is 5.65. The van der Waals surface area contributed by atoms with Crippen LogP contribution in [0.1, 0.15) is 56.0 Å². The van der Waals surface area contributed by atoms with Crippen LogP contribution in [0.15, 0.2) is 10.6 Å². The second-order valence-corrected chi connectivity index (χ2v) is 7.17. The maximum Gasteiger partial charge on any atom is 0.318 e. The Bertz CT molecular complexity index is 573. The molecule has 0 aromatic carbocycles. The standard InChI is InChI=1S/C17H26N4O2/c1-12-11-16(23-19-12)15-6-4-9-21(15)17(22)18-13-7-10-20-8-3-2-5-14(13)20/h11,13-15H,2-10H2,1H3,(H,18,22). The molecule has 6 heteroatoms. The summed E-state index contributed by atoms with van der Waals surface area (Å²) in [6, 6.07) is 2.91. The molecule has 3 saturated heterocycles. The van der Waals surface area contributed by atoms with Crippen molar-refractivity contribution in [3.63, 3.8) is 0 Å². The predicted octanol–water partition coefficient (Wildman–Crippen LogP) is 2.46. The van der Waals surface area contributed by atoms with Gasteiger partial charge in [-0.15, -0.1) is 0 Å². The topological polar surface area (TPSA) is 61.6 Å². The van der Waals surface area contributed by atoms with Gasteiger partial charge in [0.25, 0.3) is 0 Å². The van der Waals surface area contributed by atoms with E-state index in [0.717, 1.165) is 43.8 Å². The van der Waals surface area contributed by atoms with Crippen molar-refractivity contribution in [2.24, 2.45) is 0 Å². The molecule has 23 heavy (non-hydrogen) atoms. The molecule has 3 unspecified atom stereocenters. The van der Waals surface area contributed by atoms with Crippen molar-refractivity contribution in [3.8, 4) is 0 Å². The minimum absolute atomic E-state index is 0.0417. The molecule has 0 aliphatic carbocycles. The van der Waals surface area contributed by atoms with Crippen LogP contribution >= 0.6 is 0 Å². The van der Waals surface area contributed by atoms with Gasteiger partial charge in [-0.2, -0.15) is 0 Å². The average Bonchev–Trinajstić information content (AvgIpc) is 3.26. The number of piperidine rings is 1. The van der Waals surface area contributed by atoms with E-state index >= 15 is 0 Å². The molecule has 2 amide bonds. The molecule has 3 aliphatic rings. The summed E-state index contributed by atoms with van der Waals surface area (Å²) in [6.45, 7) is 5.04. The number of likely N-dealkylation sites (tertiary alicyclic amines) is 1. The Balaban J connectivity index is 1.42. The highest BCUT2D eigenvalue weighted by Crippen LogP contribution is 2.33. The van der Waals surface area contributed by atoms with Gasteiger partial charge in [0, 0.05) is 31.2 Å². The summed E-state index contributed by atoms with van der Waals surface area (Å²) in [5, 5.41) is 7.28. The molecule has 1 aromatic rings. The van der Waals surface area contributed by atoms with Gasteiger partial charge in [0.2, 0.25) is 0 Å². The Morgan fingerprint density at radius 2 is 2.13 bits per heavy atom. The summed E-state index contributed by atoms with van der Waals surface area (Å²) in [5.74, 6) is 0.820. The number of aromatic nitrogens is 1. The fraction of sp³-hybridized carbons (Fsp3) is 0.765. The second kappa shape index (κ2) is 6.15. The summed E-state index contributed by atoms with van der Waals surface area (Å²) in [7, 11) is 0. The number of nitrogens with zero attached hydrogens (tertiary/aromatic N) is 3. The smallest absolute Gasteiger partial charge is 0.318 e. The quantitative estimate of drug-likeness (QED) is 0.910. The predicted molar refractivity (Wildman–Crippen MR) is 86.1 cm³/mol. The first kappa shape index (κ1) is 15.0. The van der Waals surface area contributed by atoms with Crippen molar-refractivity contribution in [2.75, 3.05) is 19.6 Å².